The first-order chi connectivity index (χ1) is 6.74. The molecule has 0 spiro atoms. The fourth-order valence-electron chi connectivity index (χ4n) is 1.24. The van der Waals surface area contributed by atoms with Gasteiger partial charge in [-0.05, 0) is 19.9 Å². The van der Waals surface area contributed by atoms with E-state index in [1.54, 1.807) is 7.11 Å². The van der Waals surface area contributed by atoms with Gasteiger partial charge in [0, 0.05) is 19.8 Å². The van der Waals surface area contributed by atoms with Gasteiger partial charge in [0.05, 0.1) is 19.3 Å². The van der Waals surface area contributed by atoms with Crippen LogP contribution in [0.15, 0.2) is 0 Å². The van der Waals surface area contributed by atoms with Gasteiger partial charge in [-0.25, -0.2) is 0 Å². The Morgan fingerprint density at radius 2 is 2.14 bits per heavy atom. The van der Waals surface area contributed by atoms with Crippen LogP contribution >= 0.6 is 0 Å². The van der Waals surface area contributed by atoms with Crippen LogP contribution in [0.25, 0.3) is 0 Å². The molecule has 4 nitrogen and oxygen atoms in total. The molecule has 0 aromatic heterocycles. The lowest BCUT2D eigenvalue weighted by molar-refractivity contribution is 0.00387. The topological polar surface area (TPSA) is 50.7 Å². The molecule has 2 N–H and O–H groups in total. The molecule has 4 heteroatoms. The predicted molar refractivity (Wildman–Crippen MR) is 56.5 cm³/mol. The zero-order valence-electron chi connectivity index (χ0n) is 9.45. The van der Waals surface area contributed by atoms with Crippen molar-refractivity contribution in [3.8, 4) is 0 Å². The Kier molecular flexibility index (Phi) is 9.29. The predicted octanol–water partition coefficient (Wildman–Crippen LogP) is 0.398. The SMILES string of the molecule is CCNC(CO)CCOC(C)COC. The quantitative estimate of drug-likeness (QED) is 0.572. The first kappa shape index (κ1) is 13.8. The minimum Gasteiger partial charge on any atom is -0.395 e. The molecule has 2 unspecified atom stereocenters. The third-order valence-electron chi connectivity index (χ3n) is 1.98. The first-order valence-electron chi connectivity index (χ1n) is 5.19. The Hall–Kier alpha value is -0.160. The van der Waals surface area contributed by atoms with Gasteiger partial charge in [-0.1, -0.05) is 6.92 Å². The van der Waals surface area contributed by atoms with Crippen molar-refractivity contribution in [1.82, 2.24) is 5.32 Å². The second kappa shape index (κ2) is 9.40. The summed E-state index contributed by atoms with van der Waals surface area (Å²) < 4.78 is 10.4. The molecule has 0 radical (unpaired) electrons. The van der Waals surface area contributed by atoms with Crippen molar-refractivity contribution < 1.29 is 14.6 Å². The second-order valence-corrected chi connectivity index (χ2v) is 3.36. The zero-order chi connectivity index (χ0) is 10.8. The molecule has 14 heavy (non-hydrogen) atoms. The highest BCUT2D eigenvalue weighted by molar-refractivity contribution is 4.63. The van der Waals surface area contributed by atoms with Crippen molar-refractivity contribution in [3.63, 3.8) is 0 Å². The summed E-state index contributed by atoms with van der Waals surface area (Å²) in [4.78, 5) is 0. The number of aliphatic hydroxyl groups is 1. The van der Waals surface area contributed by atoms with E-state index in [1.165, 1.54) is 0 Å². The van der Waals surface area contributed by atoms with Crippen LogP contribution in [0.4, 0.5) is 0 Å². The Bertz CT molecular complexity index is 122. The zero-order valence-corrected chi connectivity index (χ0v) is 9.45. The molecule has 2 atom stereocenters. The van der Waals surface area contributed by atoms with Crippen LogP contribution < -0.4 is 5.32 Å². The summed E-state index contributed by atoms with van der Waals surface area (Å²) in [6.07, 6.45) is 0.958. The van der Waals surface area contributed by atoms with Crippen LogP contribution in [0, 0.1) is 0 Å². The lowest BCUT2D eigenvalue weighted by Crippen LogP contribution is -2.33. The lowest BCUT2D eigenvalue weighted by atomic mass is 10.2. The third kappa shape index (κ3) is 7.26. The number of aliphatic hydroxyl groups excluding tert-OH is 1. The molecule has 0 saturated carbocycles. The number of likely N-dealkylation sites (N-methyl/N-ethyl adjacent to an activating group) is 1. The van der Waals surface area contributed by atoms with Crippen LogP contribution in [-0.4, -0.2) is 50.7 Å². The third-order valence-corrected chi connectivity index (χ3v) is 1.98. The number of rotatable bonds is 9. The van der Waals surface area contributed by atoms with Gasteiger partial charge in [-0.15, -0.1) is 0 Å². The Balaban J connectivity index is 3.40. The molecule has 0 rings (SSSR count). The van der Waals surface area contributed by atoms with Gasteiger partial charge < -0.3 is 19.9 Å². The van der Waals surface area contributed by atoms with Gasteiger partial charge in [-0.2, -0.15) is 0 Å². The van der Waals surface area contributed by atoms with Crippen molar-refractivity contribution in [2.24, 2.45) is 0 Å². The fourth-order valence-corrected chi connectivity index (χ4v) is 1.24. The van der Waals surface area contributed by atoms with Gasteiger partial charge in [0.2, 0.25) is 0 Å². The van der Waals surface area contributed by atoms with Gasteiger partial charge in [0.25, 0.3) is 0 Å². The fraction of sp³-hybridized carbons (Fsp3) is 1.00. The van der Waals surface area contributed by atoms with E-state index in [2.05, 4.69) is 5.32 Å². The molecule has 0 aliphatic heterocycles. The Labute approximate surface area is 86.6 Å². The second-order valence-electron chi connectivity index (χ2n) is 3.36. The van der Waals surface area contributed by atoms with E-state index in [-0.39, 0.29) is 18.8 Å². The van der Waals surface area contributed by atoms with Crippen molar-refractivity contribution in [2.45, 2.75) is 32.4 Å². The minimum absolute atomic E-state index is 0.126. The monoisotopic (exact) mass is 205 g/mol. The summed E-state index contributed by atoms with van der Waals surface area (Å²) in [5, 5.41) is 12.2. The number of nitrogens with one attached hydrogen (secondary N) is 1. The summed E-state index contributed by atoms with van der Waals surface area (Å²) >= 11 is 0. The molecule has 0 aromatic rings. The summed E-state index contributed by atoms with van der Waals surface area (Å²) in [5.74, 6) is 0. The number of hydrogen-bond donors (Lipinski definition) is 2. The highest BCUT2D eigenvalue weighted by Crippen LogP contribution is 1.96. The highest BCUT2D eigenvalue weighted by atomic mass is 16.5. The summed E-state index contributed by atoms with van der Waals surface area (Å²) in [6.45, 7) is 6.31. The van der Waals surface area contributed by atoms with E-state index in [9.17, 15) is 0 Å². The van der Waals surface area contributed by atoms with E-state index in [0.29, 0.717) is 13.2 Å². The molecular weight excluding hydrogens is 182 g/mol. The molecule has 0 fully saturated rings. The smallest absolute Gasteiger partial charge is 0.0780 e. The molecule has 0 bridgehead atoms. The Morgan fingerprint density at radius 3 is 2.64 bits per heavy atom. The number of methoxy groups -OCH3 is 1. The van der Waals surface area contributed by atoms with E-state index >= 15 is 0 Å². The molecule has 0 amide bonds. The van der Waals surface area contributed by atoms with Crippen LogP contribution in [0.2, 0.25) is 0 Å². The summed E-state index contributed by atoms with van der Waals surface area (Å²) in [5.41, 5.74) is 0. The van der Waals surface area contributed by atoms with Crippen molar-refractivity contribution in [3.05, 3.63) is 0 Å². The summed E-state index contributed by atoms with van der Waals surface area (Å²) in [7, 11) is 1.66. The molecule has 0 aliphatic carbocycles. The average molecular weight is 205 g/mol. The molecular formula is C10H23NO3. The summed E-state index contributed by atoms with van der Waals surface area (Å²) in [6, 6.07) is 0.148. The molecule has 0 saturated heterocycles. The van der Waals surface area contributed by atoms with Crippen LogP contribution in [-0.2, 0) is 9.47 Å². The van der Waals surface area contributed by atoms with Crippen LogP contribution in [0.1, 0.15) is 20.3 Å². The van der Waals surface area contributed by atoms with Gasteiger partial charge in [0.15, 0.2) is 0 Å². The molecule has 0 heterocycles. The molecule has 86 valence electrons. The maximum absolute atomic E-state index is 8.98. The van der Waals surface area contributed by atoms with E-state index in [0.717, 1.165) is 13.0 Å². The largest absolute Gasteiger partial charge is 0.395 e. The number of hydrogen-bond acceptors (Lipinski definition) is 4. The van der Waals surface area contributed by atoms with Crippen LogP contribution in [0.5, 0.6) is 0 Å². The van der Waals surface area contributed by atoms with Crippen molar-refractivity contribution >= 4 is 0 Å². The minimum atomic E-state index is 0.126. The van der Waals surface area contributed by atoms with Crippen molar-refractivity contribution in [2.75, 3.05) is 33.5 Å². The van der Waals surface area contributed by atoms with Gasteiger partial charge in [0.1, 0.15) is 0 Å². The highest BCUT2D eigenvalue weighted by Gasteiger charge is 2.06. The van der Waals surface area contributed by atoms with E-state index in [4.69, 9.17) is 14.6 Å². The molecule has 0 aromatic carbocycles. The van der Waals surface area contributed by atoms with E-state index < -0.39 is 0 Å². The maximum atomic E-state index is 8.98. The molecule has 0 aliphatic rings. The van der Waals surface area contributed by atoms with Crippen LogP contribution in [0.3, 0.4) is 0 Å². The standard InChI is InChI=1S/C10H23NO3/c1-4-11-10(7-12)5-6-14-9(2)8-13-3/h9-12H,4-8H2,1-3H3. The van der Waals surface area contributed by atoms with Crippen molar-refractivity contribution in [1.29, 1.82) is 0 Å². The van der Waals surface area contributed by atoms with E-state index in [1.807, 2.05) is 13.8 Å². The van der Waals surface area contributed by atoms with Gasteiger partial charge in [-0.3, -0.25) is 0 Å². The lowest BCUT2D eigenvalue weighted by Gasteiger charge is -2.17. The average Bonchev–Trinajstić information content (AvgIpc) is 2.17. The van der Waals surface area contributed by atoms with Gasteiger partial charge >= 0.3 is 0 Å². The number of ether oxygens (including phenoxy) is 2. The first-order valence-corrected chi connectivity index (χ1v) is 5.19. The normalized spacial score (nSPS) is 15.4. The Morgan fingerprint density at radius 1 is 1.43 bits per heavy atom. The maximum Gasteiger partial charge on any atom is 0.0780 e.